The van der Waals surface area contributed by atoms with E-state index >= 15 is 0 Å². The van der Waals surface area contributed by atoms with Crippen molar-refractivity contribution in [3.63, 3.8) is 0 Å². The minimum atomic E-state index is -1.60. The average Bonchev–Trinajstić information content (AvgIpc) is 2.87. The monoisotopic (exact) mass is 469 g/mol. The Morgan fingerprint density at radius 3 is 2.38 bits per heavy atom. The van der Waals surface area contributed by atoms with E-state index < -0.39 is 17.9 Å². The number of para-hydroxylation sites is 1. The second-order valence-corrected chi connectivity index (χ2v) is 8.61. The maximum atomic E-state index is 13.3. The van der Waals surface area contributed by atoms with Crippen LogP contribution < -0.4 is 15.5 Å². The fourth-order valence-electron chi connectivity index (χ4n) is 4.36. The zero-order chi connectivity index (χ0) is 24.3. The third kappa shape index (κ3) is 7.20. The molecule has 1 unspecified atom stereocenters. The Balaban J connectivity index is 1.55. The first kappa shape index (κ1) is 25.5. The molecule has 0 aromatic heterocycles. The predicted octanol–water partition coefficient (Wildman–Crippen LogP) is 2.99. The number of carbonyl (C=O) groups excluding carboxylic acids is 2. The summed E-state index contributed by atoms with van der Waals surface area (Å²) in [4.78, 5) is 26.9. The number of aliphatic hydroxyl groups is 1. The molecule has 8 nitrogen and oxygen atoms in total. The number of amides is 2. The Kier molecular flexibility index (Phi) is 9.73. The van der Waals surface area contributed by atoms with E-state index in [0.29, 0.717) is 39.0 Å². The third-order valence-corrected chi connectivity index (χ3v) is 6.24. The quantitative estimate of drug-likeness (QED) is 0.297. The lowest BCUT2D eigenvalue weighted by Gasteiger charge is -2.35. The summed E-state index contributed by atoms with van der Waals surface area (Å²) in [6.45, 7) is 3.63. The summed E-state index contributed by atoms with van der Waals surface area (Å²) in [5.41, 5.74) is 3.62. The van der Waals surface area contributed by atoms with Crippen LogP contribution in [0.5, 0.6) is 5.75 Å². The van der Waals surface area contributed by atoms with E-state index in [1.807, 2.05) is 61.5 Å². The fourth-order valence-corrected chi connectivity index (χ4v) is 4.36. The molecule has 0 aliphatic carbocycles. The maximum Gasteiger partial charge on any atom is 0.272 e. The van der Waals surface area contributed by atoms with Crippen LogP contribution in [-0.2, 0) is 16.0 Å². The standard InChI is InChI=1S/C26H35N3O5/c1-2-34-22-13-11-19(12-14-22)7-6-10-23(24(30)25(31)28-33)26(32)29-17-15-21(16-18-29)27-20-8-4-3-5-9-20/h3-5,8-9,11-14,21,23-24,27,30,33H,2,6-7,10,15-18H2,1H3,(H,28,31)/t23?,24-/m0/s1. The average molecular weight is 470 g/mol. The molecule has 1 saturated heterocycles. The van der Waals surface area contributed by atoms with Gasteiger partial charge in [-0.05, 0) is 68.9 Å². The molecule has 3 rings (SSSR count). The van der Waals surface area contributed by atoms with Gasteiger partial charge in [-0.2, -0.15) is 0 Å². The van der Waals surface area contributed by atoms with Gasteiger partial charge in [0.25, 0.3) is 5.91 Å². The molecule has 0 bridgehead atoms. The normalized spacial score (nSPS) is 15.9. The zero-order valence-electron chi connectivity index (χ0n) is 19.7. The zero-order valence-corrected chi connectivity index (χ0v) is 19.7. The number of aryl methyl sites for hydroxylation is 1. The summed E-state index contributed by atoms with van der Waals surface area (Å²) < 4.78 is 5.46. The number of hydroxylamine groups is 1. The Morgan fingerprint density at radius 1 is 1.09 bits per heavy atom. The lowest BCUT2D eigenvalue weighted by Crippen LogP contribution is -2.50. The predicted molar refractivity (Wildman–Crippen MR) is 130 cm³/mol. The van der Waals surface area contributed by atoms with Crippen molar-refractivity contribution >= 4 is 17.5 Å². The number of rotatable bonds is 11. The molecule has 1 aliphatic heterocycles. The number of hydrogen-bond acceptors (Lipinski definition) is 6. The number of ether oxygens (including phenoxy) is 1. The largest absolute Gasteiger partial charge is 0.494 e. The number of likely N-dealkylation sites (tertiary alicyclic amines) is 1. The van der Waals surface area contributed by atoms with Crippen LogP contribution in [0, 0.1) is 5.92 Å². The van der Waals surface area contributed by atoms with Gasteiger partial charge in [0.2, 0.25) is 5.91 Å². The van der Waals surface area contributed by atoms with Gasteiger partial charge in [0.15, 0.2) is 0 Å². The summed E-state index contributed by atoms with van der Waals surface area (Å²) in [6.07, 6.45) is 1.61. The van der Waals surface area contributed by atoms with Crippen LogP contribution in [0.1, 0.15) is 38.2 Å². The summed E-state index contributed by atoms with van der Waals surface area (Å²) in [5, 5.41) is 22.9. The molecule has 2 aromatic carbocycles. The molecule has 0 spiro atoms. The minimum Gasteiger partial charge on any atom is -0.494 e. The van der Waals surface area contributed by atoms with Gasteiger partial charge < -0.3 is 20.1 Å². The van der Waals surface area contributed by atoms with Crippen molar-refractivity contribution < 1.29 is 24.6 Å². The van der Waals surface area contributed by atoms with Gasteiger partial charge in [0.05, 0.1) is 12.5 Å². The van der Waals surface area contributed by atoms with Gasteiger partial charge in [-0.3, -0.25) is 14.8 Å². The van der Waals surface area contributed by atoms with Crippen LogP contribution in [0.2, 0.25) is 0 Å². The van der Waals surface area contributed by atoms with Gasteiger partial charge in [-0.15, -0.1) is 0 Å². The Hall–Kier alpha value is -3.10. The van der Waals surface area contributed by atoms with E-state index in [2.05, 4.69) is 5.32 Å². The summed E-state index contributed by atoms with van der Waals surface area (Å²) in [7, 11) is 0. The van der Waals surface area contributed by atoms with Crippen LogP contribution in [0.25, 0.3) is 0 Å². The van der Waals surface area contributed by atoms with Gasteiger partial charge in [0.1, 0.15) is 11.9 Å². The highest BCUT2D eigenvalue weighted by atomic mass is 16.5. The Bertz CT molecular complexity index is 898. The first-order chi connectivity index (χ1) is 16.5. The number of piperidine rings is 1. The van der Waals surface area contributed by atoms with Crippen LogP contribution in [0.3, 0.4) is 0 Å². The molecule has 1 aliphatic rings. The molecule has 4 N–H and O–H groups in total. The number of nitrogens with zero attached hydrogens (tertiary/aromatic N) is 1. The highest BCUT2D eigenvalue weighted by Crippen LogP contribution is 2.23. The topological polar surface area (TPSA) is 111 Å². The Morgan fingerprint density at radius 2 is 1.76 bits per heavy atom. The van der Waals surface area contributed by atoms with Gasteiger partial charge >= 0.3 is 0 Å². The second-order valence-electron chi connectivity index (χ2n) is 8.61. The molecule has 8 heteroatoms. The van der Waals surface area contributed by atoms with Crippen LogP contribution in [0.15, 0.2) is 54.6 Å². The van der Waals surface area contributed by atoms with E-state index in [-0.39, 0.29) is 11.9 Å². The van der Waals surface area contributed by atoms with Crippen LogP contribution >= 0.6 is 0 Å². The van der Waals surface area contributed by atoms with Crippen molar-refractivity contribution in [2.45, 2.75) is 51.2 Å². The number of hydrogen-bond donors (Lipinski definition) is 4. The lowest BCUT2D eigenvalue weighted by atomic mass is 9.91. The molecular weight excluding hydrogens is 434 g/mol. The van der Waals surface area contributed by atoms with Gasteiger partial charge in [0, 0.05) is 24.8 Å². The molecule has 2 amide bonds. The Labute approximate surface area is 200 Å². The minimum absolute atomic E-state index is 0.249. The van der Waals surface area contributed by atoms with Crippen molar-refractivity contribution in [2.75, 3.05) is 25.0 Å². The summed E-state index contributed by atoms with van der Waals surface area (Å²) in [6, 6.07) is 18.0. The number of carbonyl (C=O) groups is 2. The lowest BCUT2D eigenvalue weighted by molar-refractivity contribution is -0.151. The molecule has 34 heavy (non-hydrogen) atoms. The van der Waals surface area contributed by atoms with E-state index in [0.717, 1.165) is 29.8 Å². The molecule has 0 saturated carbocycles. The fraction of sp³-hybridized carbons (Fsp3) is 0.462. The number of nitrogens with one attached hydrogen (secondary N) is 2. The molecule has 184 valence electrons. The summed E-state index contributed by atoms with van der Waals surface area (Å²) in [5.74, 6) is -1.31. The van der Waals surface area contributed by atoms with Gasteiger partial charge in [-0.1, -0.05) is 30.3 Å². The van der Waals surface area contributed by atoms with Crippen molar-refractivity contribution in [3.05, 3.63) is 60.2 Å². The van der Waals surface area contributed by atoms with Crippen molar-refractivity contribution in [2.24, 2.45) is 5.92 Å². The smallest absolute Gasteiger partial charge is 0.272 e. The number of benzene rings is 2. The first-order valence-electron chi connectivity index (χ1n) is 12.0. The number of anilines is 1. The number of aliphatic hydroxyl groups excluding tert-OH is 1. The van der Waals surface area contributed by atoms with Crippen LogP contribution in [-0.4, -0.2) is 58.9 Å². The third-order valence-electron chi connectivity index (χ3n) is 6.24. The molecule has 2 aromatic rings. The molecule has 1 heterocycles. The molecule has 1 fully saturated rings. The van der Waals surface area contributed by atoms with E-state index in [4.69, 9.17) is 9.94 Å². The maximum absolute atomic E-state index is 13.3. The van der Waals surface area contributed by atoms with Crippen molar-refractivity contribution in [1.29, 1.82) is 0 Å². The van der Waals surface area contributed by atoms with Crippen molar-refractivity contribution in [3.8, 4) is 5.75 Å². The van der Waals surface area contributed by atoms with E-state index in [1.54, 1.807) is 4.90 Å². The van der Waals surface area contributed by atoms with Crippen molar-refractivity contribution in [1.82, 2.24) is 10.4 Å². The molecular formula is C26H35N3O5. The van der Waals surface area contributed by atoms with E-state index in [9.17, 15) is 14.7 Å². The first-order valence-corrected chi connectivity index (χ1v) is 12.0. The molecule has 2 atom stereocenters. The van der Waals surface area contributed by atoms with Crippen LogP contribution in [0.4, 0.5) is 5.69 Å². The highest BCUT2D eigenvalue weighted by Gasteiger charge is 2.35. The highest BCUT2D eigenvalue weighted by molar-refractivity contribution is 5.88. The van der Waals surface area contributed by atoms with E-state index in [1.165, 1.54) is 5.48 Å². The summed E-state index contributed by atoms with van der Waals surface area (Å²) >= 11 is 0. The van der Waals surface area contributed by atoms with Gasteiger partial charge in [-0.25, -0.2) is 5.48 Å². The SMILES string of the molecule is CCOc1ccc(CCCC(C(=O)N2CCC(Nc3ccccc3)CC2)[C@H](O)C(=O)NO)cc1. The second kappa shape index (κ2) is 13.0. The molecule has 0 radical (unpaired) electrons.